The first kappa shape index (κ1) is 15.7. The Morgan fingerprint density at radius 1 is 1.18 bits per heavy atom. The van der Waals surface area contributed by atoms with Crippen molar-refractivity contribution in [3.63, 3.8) is 0 Å². The largest absolute Gasteiger partial charge is 0.481 e. The summed E-state index contributed by atoms with van der Waals surface area (Å²) in [6.45, 7) is 10.6. The Labute approximate surface area is 103 Å². The van der Waals surface area contributed by atoms with Gasteiger partial charge in [-0.1, -0.05) is 13.8 Å². The van der Waals surface area contributed by atoms with Gasteiger partial charge in [0.15, 0.2) is 0 Å². The Balaban J connectivity index is 4.46. The van der Waals surface area contributed by atoms with E-state index >= 15 is 0 Å². The summed E-state index contributed by atoms with van der Waals surface area (Å²) in [5.74, 6) is -1.59. The number of carbonyl (C=O) groups excluding carboxylic acids is 1. The van der Waals surface area contributed by atoms with Crippen LogP contribution in [0.4, 0.5) is 4.79 Å². The van der Waals surface area contributed by atoms with E-state index in [0.717, 1.165) is 0 Å². The lowest BCUT2D eigenvalue weighted by Gasteiger charge is -2.26. The minimum atomic E-state index is -0.913. The number of amides is 1. The summed E-state index contributed by atoms with van der Waals surface area (Å²) >= 11 is 0. The predicted molar refractivity (Wildman–Crippen MR) is 64.8 cm³/mol. The molecule has 17 heavy (non-hydrogen) atoms. The van der Waals surface area contributed by atoms with Gasteiger partial charge in [0.1, 0.15) is 5.60 Å². The molecule has 0 bridgehead atoms. The molecule has 0 radical (unpaired) electrons. The standard InChI is InChI=1S/C12H23NO4/c1-7(2)9(10(14)15)8(3)13-11(16)17-12(4,5)6/h7-9H,1-6H3,(H,13,16)(H,14,15)/t8-,9-/m1/s1. The maximum absolute atomic E-state index is 11.5. The molecule has 0 spiro atoms. The average molecular weight is 245 g/mol. The van der Waals surface area contributed by atoms with E-state index in [1.807, 2.05) is 13.8 Å². The molecule has 0 aromatic carbocycles. The third-order valence-corrected chi connectivity index (χ3v) is 2.29. The Bertz CT molecular complexity index is 281. The van der Waals surface area contributed by atoms with Gasteiger partial charge in [0.2, 0.25) is 0 Å². The quantitative estimate of drug-likeness (QED) is 0.796. The van der Waals surface area contributed by atoms with Crippen molar-refractivity contribution in [1.82, 2.24) is 5.32 Å². The molecule has 0 aromatic rings. The first-order valence-electron chi connectivity index (χ1n) is 5.77. The molecule has 5 heteroatoms. The molecular weight excluding hydrogens is 222 g/mol. The van der Waals surface area contributed by atoms with E-state index in [-0.39, 0.29) is 5.92 Å². The fraction of sp³-hybridized carbons (Fsp3) is 0.833. The second-order valence-electron chi connectivity index (χ2n) is 5.54. The topological polar surface area (TPSA) is 75.6 Å². The average Bonchev–Trinajstić information content (AvgIpc) is 1.96. The van der Waals surface area contributed by atoms with Crippen molar-refractivity contribution in [3.8, 4) is 0 Å². The highest BCUT2D eigenvalue weighted by molar-refractivity contribution is 5.73. The highest BCUT2D eigenvalue weighted by Crippen LogP contribution is 2.16. The number of carbonyl (C=O) groups is 2. The fourth-order valence-electron chi connectivity index (χ4n) is 1.66. The van der Waals surface area contributed by atoms with E-state index in [1.54, 1.807) is 27.7 Å². The Morgan fingerprint density at radius 2 is 1.65 bits per heavy atom. The molecule has 0 aromatic heterocycles. The van der Waals surface area contributed by atoms with E-state index in [0.29, 0.717) is 0 Å². The number of aliphatic carboxylic acids is 1. The number of carboxylic acids is 1. The molecule has 2 atom stereocenters. The summed E-state index contributed by atoms with van der Waals surface area (Å²) in [4.78, 5) is 22.5. The number of ether oxygens (including phenoxy) is 1. The van der Waals surface area contributed by atoms with Crippen LogP contribution < -0.4 is 5.32 Å². The van der Waals surface area contributed by atoms with E-state index in [9.17, 15) is 9.59 Å². The molecule has 0 rings (SSSR count). The van der Waals surface area contributed by atoms with Gasteiger partial charge in [-0.15, -0.1) is 0 Å². The second kappa shape index (κ2) is 5.89. The first-order valence-corrected chi connectivity index (χ1v) is 5.77. The summed E-state index contributed by atoms with van der Waals surface area (Å²) in [5, 5.41) is 11.6. The van der Waals surface area contributed by atoms with Gasteiger partial charge in [-0.3, -0.25) is 4.79 Å². The third-order valence-electron chi connectivity index (χ3n) is 2.29. The zero-order valence-electron chi connectivity index (χ0n) is 11.4. The SMILES string of the molecule is CC(C)[C@@H](C(=O)O)[C@@H](C)NC(=O)OC(C)(C)C. The smallest absolute Gasteiger partial charge is 0.407 e. The van der Waals surface area contributed by atoms with Gasteiger partial charge in [-0.05, 0) is 33.6 Å². The molecule has 2 N–H and O–H groups in total. The van der Waals surface area contributed by atoms with Gasteiger partial charge in [-0.25, -0.2) is 4.79 Å². The lowest BCUT2D eigenvalue weighted by Crippen LogP contribution is -2.45. The molecule has 100 valence electrons. The molecule has 0 saturated heterocycles. The minimum Gasteiger partial charge on any atom is -0.481 e. The van der Waals surface area contributed by atoms with E-state index in [4.69, 9.17) is 9.84 Å². The van der Waals surface area contributed by atoms with Crippen LogP contribution in [-0.2, 0) is 9.53 Å². The van der Waals surface area contributed by atoms with Crippen molar-refractivity contribution in [2.75, 3.05) is 0 Å². The zero-order valence-corrected chi connectivity index (χ0v) is 11.4. The summed E-state index contributed by atoms with van der Waals surface area (Å²) < 4.78 is 5.08. The third kappa shape index (κ3) is 6.14. The summed E-state index contributed by atoms with van der Waals surface area (Å²) in [7, 11) is 0. The Kier molecular flexibility index (Phi) is 5.45. The van der Waals surface area contributed by atoms with Crippen molar-refractivity contribution < 1.29 is 19.4 Å². The van der Waals surface area contributed by atoms with Crippen molar-refractivity contribution in [2.45, 2.75) is 53.2 Å². The number of rotatable bonds is 4. The van der Waals surface area contributed by atoms with Crippen molar-refractivity contribution in [2.24, 2.45) is 11.8 Å². The van der Waals surface area contributed by atoms with Crippen LogP contribution in [0.2, 0.25) is 0 Å². The number of alkyl carbamates (subject to hydrolysis) is 1. The monoisotopic (exact) mass is 245 g/mol. The number of hydrogen-bond donors (Lipinski definition) is 2. The fourth-order valence-corrected chi connectivity index (χ4v) is 1.66. The predicted octanol–water partition coefficient (Wildman–Crippen LogP) is 2.26. The van der Waals surface area contributed by atoms with Crippen LogP contribution >= 0.6 is 0 Å². The van der Waals surface area contributed by atoms with Crippen LogP contribution in [0.5, 0.6) is 0 Å². The van der Waals surface area contributed by atoms with Gasteiger partial charge >= 0.3 is 12.1 Å². The van der Waals surface area contributed by atoms with Crippen molar-refractivity contribution >= 4 is 12.1 Å². The molecule has 0 saturated carbocycles. The zero-order chi connectivity index (χ0) is 13.8. The van der Waals surface area contributed by atoms with E-state index in [2.05, 4.69) is 5.32 Å². The van der Waals surface area contributed by atoms with Crippen molar-refractivity contribution in [1.29, 1.82) is 0 Å². The Morgan fingerprint density at radius 3 is 1.94 bits per heavy atom. The van der Waals surface area contributed by atoms with E-state index < -0.39 is 29.6 Å². The molecule has 0 unspecified atom stereocenters. The number of carboxylic acid groups (broad SMARTS) is 1. The summed E-state index contributed by atoms with van der Waals surface area (Å²) in [5.41, 5.74) is -0.583. The maximum atomic E-state index is 11.5. The van der Waals surface area contributed by atoms with Crippen LogP contribution in [0, 0.1) is 11.8 Å². The highest BCUT2D eigenvalue weighted by atomic mass is 16.6. The van der Waals surface area contributed by atoms with Crippen molar-refractivity contribution in [3.05, 3.63) is 0 Å². The van der Waals surface area contributed by atoms with Gasteiger partial charge in [0, 0.05) is 6.04 Å². The molecule has 0 heterocycles. The van der Waals surface area contributed by atoms with Crippen LogP contribution in [0.1, 0.15) is 41.5 Å². The normalized spacial score (nSPS) is 15.2. The molecule has 0 aliphatic heterocycles. The number of hydrogen-bond acceptors (Lipinski definition) is 3. The highest BCUT2D eigenvalue weighted by Gasteiger charge is 2.30. The lowest BCUT2D eigenvalue weighted by atomic mass is 9.89. The first-order chi connectivity index (χ1) is 7.54. The minimum absolute atomic E-state index is 0.0579. The molecule has 1 amide bonds. The molecule has 5 nitrogen and oxygen atoms in total. The maximum Gasteiger partial charge on any atom is 0.407 e. The van der Waals surface area contributed by atoms with Crippen LogP contribution in [0.15, 0.2) is 0 Å². The van der Waals surface area contributed by atoms with Crippen LogP contribution in [-0.4, -0.2) is 28.8 Å². The van der Waals surface area contributed by atoms with Gasteiger partial charge in [-0.2, -0.15) is 0 Å². The van der Waals surface area contributed by atoms with Crippen LogP contribution in [0.25, 0.3) is 0 Å². The molecular formula is C12H23NO4. The summed E-state index contributed by atoms with van der Waals surface area (Å²) in [6, 6.07) is -0.470. The van der Waals surface area contributed by atoms with Crippen LogP contribution in [0.3, 0.4) is 0 Å². The van der Waals surface area contributed by atoms with E-state index in [1.165, 1.54) is 0 Å². The second-order valence-corrected chi connectivity index (χ2v) is 5.54. The van der Waals surface area contributed by atoms with Gasteiger partial charge in [0.05, 0.1) is 5.92 Å². The molecule has 0 aliphatic rings. The number of nitrogens with one attached hydrogen (secondary N) is 1. The van der Waals surface area contributed by atoms with Gasteiger partial charge in [0.25, 0.3) is 0 Å². The summed E-state index contributed by atoms with van der Waals surface area (Å²) in [6.07, 6.45) is -0.586. The molecule has 0 fully saturated rings. The molecule has 0 aliphatic carbocycles. The van der Waals surface area contributed by atoms with Gasteiger partial charge < -0.3 is 15.2 Å². The Hall–Kier alpha value is -1.26. The lowest BCUT2D eigenvalue weighted by molar-refractivity contribution is -0.144.